The molecule has 0 aliphatic carbocycles. The van der Waals surface area contributed by atoms with Crippen LogP contribution in [0.5, 0.6) is 0 Å². The molecule has 0 unspecified atom stereocenters. The number of benzene rings is 1. The third kappa shape index (κ3) is 4.22. The fourth-order valence-electron chi connectivity index (χ4n) is 4.39. The van der Waals surface area contributed by atoms with E-state index >= 15 is 0 Å². The van der Waals surface area contributed by atoms with Crippen molar-refractivity contribution >= 4 is 21.6 Å². The molecule has 0 bridgehead atoms. The molecule has 0 radical (unpaired) electrons. The van der Waals surface area contributed by atoms with Gasteiger partial charge in [0.15, 0.2) is 0 Å². The molecule has 9 heteroatoms. The lowest BCUT2D eigenvalue weighted by molar-refractivity contribution is -0.140. The van der Waals surface area contributed by atoms with E-state index in [9.17, 15) is 17.6 Å². The van der Waals surface area contributed by atoms with Crippen molar-refractivity contribution in [3.8, 4) is 0 Å². The van der Waals surface area contributed by atoms with Crippen LogP contribution in [-0.2, 0) is 19.6 Å². The van der Waals surface area contributed by atoms with Crippen molar-refractivity contribution in [3.63, 3.8) is 0 Å². The predicted molar refractivity (Wildman–Crippen MR) is 113 cm³/mol. The fourth-order valence-corrected chi connectivity index (χ4v) is 5.93. The number of carbonyl (C=O) groups excluding carboxylic acids is 1. The van der Waals surface area contributed by atoms with Gasteiger partial charge >= 0.3 is 0 Å². The van der Waals surface area contributed by atoms with E-state index in [-0.39, 0.29) is 29.8 Å². The monoisotopic (exact) mass is 447 g/mol. The number of aromatic nitrogens is 1. The zero-order valence-electron chi connectivity index (χ0n) is 17.5. The zero-order chi connectivity index (χ0) is 22.2. The second-order valence-corrected chi connectivity index (χ2v) is 10.3. The molecule has 3 heterocycles. The summed E-state index contributed by atoms with van der Waals surface area (Å²) in [6.45, 7) is 4.06. The maximum absolute atomic E-state index is 13.9. The van der Waals surface area contributed by atoms with Crippen LogP contribution in [0.2, 0.25) is 0 Å². The number of carbonyl (C=O) groups is 1. The molecule has 4 rings (SSSR count). The molecule has 1 amide bonds. The summed E-state index contributed by atoms with van der Waals surface area (Å²) in [5.74, 6) is -0.867. The number of pyridine rings is 1. The molecule has 3 atom stereocenters. The van der Waals surface area contributed by atoms with Crippen LogP contribution in [0.1, 0.15) is 31.7 Å². The molecule has 2 fully saturated rings. The number of ether oxygens (including phenoxy) is 1. The first-order valence-corrected chi connectivity index (χ1v) is 11.8. The van der Waals surface area contributed by atoms with Gasteiger partial charge in [0, 0.05) is 19.3 Å². The van der Waals surface area contributed by atoms with Crippen molar-refractivity contribution in [3.05, 3.63) is 54.1 Å². The van der Waals surface area contributed by atoms with E-state index in [1.54, 1.807) is 31.5 Å². The van der Waals surface area contributed by atoms with Gasteiger partial charge in [-0.15, -0.1) is 0 Å². The highest BCUT2D eigenvalue weighted by Gasteiger charge is 2.50. The molecule has 1 N–H and O–H groups in total. The molecule has 2 saturated heterocycles. The van der Waals surface area contributed by atoms with Crippen LogP contribution < -0.4 is 5.32 Å². The van der Waals surface area contributed by atoms with Gasteiger partial charge in [0.1, 0.15) is 11.9 Å². The Morgan fingerprint density at radius 2 is 2.13 bits per heavy atom. The van der Waals surface area contributed by atoms with Crippen molar-refractivity contribution in [1.82, 2.24) is 9.29 Å². The number of rotatable bonds is 4. The Bertz CT molecular complexity index is 1080. The number of hydrogen-bond acceptors (Lipinski definition) is 5. The third-order valence-electron chi connectivity index (χ3n) is 6.37. The van der Waals surface area contributed by atoms with Crippen molar-refractivity contribution < 1.29 is 22.3 Å². The fraction of sp³-hybridized carbons (Fsp3) is 0.455. The van der Waals surface area contributed by atoms with Crippen molar-refractivity contribution in [2.45, 2.75) is 49.7 Å². The largest absolute Gasteiger partial charge is 0.362 e. The van der Waals surface area contributed by atoms with E-state index in [1.807, 2.05) is 6.92 Å². The van der Waals surface area contributed by atoms with Gasteiger partial charge in [0.25, 0.3) is 5.91 Å². The molecule has 31 heavy (non-hydrogen) atoms. The molecule has 2 aliphatic rings. The Balaban J connectivity index is 1.43. The van der Waals surface area contributed by atoms with E-state index in [1.165, 1.54) is 16.4 Å². The van der Waals surface area contributed by atoms with Gasteiger partial charge in [-0.2, -0.15) is 4.31 Å². The predicted octanol–water partition coefficient (Wildman–Crippen LogP) is 3.12. The van der Waals surface area contributed by atoms with E-state index in [4.69, 9.17) is 4.74 Å². The summed E-state index contributed by atoms with van der Waals surface area (Å²) in [5.41, 5.74) is 0.470. The molecule has 1 aromatic heterocycles. The van der Waals surface area contributed by atoms with Crippen LogP contribution in [0.3, 0.4) is 0 Å². The Morgan fingerprint density at radius 3 is 2.81 bits per heavy atom. The van der Waals surface area contributed by atoms with Crippen LogP contribution in [0.25, 0.3) is 0 Å². The Labute approximate surface area is 181 Å². The number of nitrogens with zero attached hydrogens (tertiary/aromatic N) is 2. The second kappa shape index (κ2) is 8.29. The quantitative estimate of drug-likeness (QED) is 0.778. The number of aryl methyl sites for hydroxylation is 1. The Hall–Kier alpha value is -2.36. The molecule has 1 aromatic carbocycles. The van der Waals surface area contributed by atoms with E-state index in [0.717, 1.165) is 6.07 Å². The summed E-state index contributed by atoms with van der Waals surface area (Å²) >= 11 is 0. The number of halogens is 1. The Kier molecular flexibility index (Phi) is 5.85. The lowest BCUT2D eigenvalue weighted by atomic mass is 9.81. The Morgan fingerprint density at radius 1 is 1.32 bits per heavy atom. The second-order valence-electron chi connectivity index (χ2n) is 8.37. The van der Waals surface area contributed by atoms with E-state index in [2.05, 4.69) is 10.3 Å². The molecular formula is C22H26FN3O4S. The SMILES string of the molecule is Cc1ccc(S(=O)(=O)N2CC[C@]3(CC[C@@H](C(=O)Nc4cccnc4)O3)[C@@H](C)C2)cc1F. The van der Waals surface area contributed by atoms with Gasteiger partial charge < -0.3 is 10.1 Å². The lowest BCUT2D eigenvalue weighted by Gasteiger charge is -2.43. The molecular weight excluding hydrogens is 421 g/mol. The topological polar surface area (TPSA) is 88.6 Å². The third-order valence-corrected chi connectivity index (χ3v) is 8.23. The first-order valence-electron chi connectivity index (χ1n) is 10.4. The van der Waals surface area contributed by atoms with Crippen molar-refractivity contribution in [2.24, 2.45) is 5.92 Å². The summed E-state index contributed by atoms with van der Waals surface area (Å²) in [6.07, 6.45) is 4.36. The number of piperidine rings is 1. The maximum Gasteiger partial charge on any atom is 0.253 e. The number of hydrogen-bond donors (Lipinski definition) is 1. The molecule has 166 valence electrons. The molecule has 7 nitrogen and oxygen atoms in total. The maximum atomic E-state index is 13.9. The summed E-state index contributed by atoms with van der Waals surface area (Å²) in [4.78, 5) is 16.6. The van der Waals surface area contributed by atoms with Gasteiger partial charge in [-0.3, -0.25) is 9.78 Å². The first-order chi connectivity index (χ1) is 14.7. The van der Waals surface area contributed by atoms with Crippen LogP contribution in [0.4, 0.5) is 10.1 Å². The number of nitrogens with one attached hydrogen (secondary N) is 1. The van der Waals surface area contributed by atoms with Crippen LogP contribution in [-0.4, -0.2) is 48.4 Å². The normalized spacial score (nSPS) is 26.8. The van der Waals surface area contributed by atoms with Crippen LogP contribution in [0, 0.1) is 18.7 Å². The van der Waals surface area contributed by atoms with Gasteiger partial charge in [-0.05, 0) is 61.9 Å². The first kappa shape index (κ1) is 21.9. The van der Waals surface area contributed by atoms with E-state index < -0.39 is 27.5 Å². The number of amides is 1. The summed E-state index contributed by atoms with van der Waals surface area (Å²) in [6, 6.07) is 7.49. The highest BCUT2D eigenvalue weighted by Crippen LogP contribution is 2.43. The van der Waals surface area contributed by atoms with Gasteiger partial charge in [0.05, 0.1) is 22.4 Å². The highest BCUT2D eigenvalue weighted by molar-refractivity contribution is 7.89. The molecule has 2 aliphatic heterocycles. The average molecular weight is 448 g/mol. The summed E-state index contributed by atoms with van der Waals surface area (Å²) in [5, 5.41) is 2.82. The highest BCUT2D eigenvalue weighted by atomic mass is 32.2. The van der Waals surface area contributed by atoms with Crippen LogP contribution >= 0.6 is 0 Å². The minimum Gasteiger partial charge on any atom is -0.362 e. The average Bonchev–Trinajstić information content (AvgIpc) is 3.18. The molecule has 2 aromatic rings. The number of sulfonamides is 1. The smallest absolute Gasteiger partial charge is 0.253 e. The summed E-state index contributed by atoms with van der Waals surface area (Å²) in [7, 11) is -3.80. The van der Waals surface area contributed by atoms with Crippen molar-refractivity contribution in [1.29, 1.82) is 0 Å². The van der Waals surface area contributed by atoms with Gasteiger partial charge in [-0.25, -0.2) is 12.8 Å². The van der Waals surface area contributed by atoms with Crippen molar-refractivity contribution in [2.75, 3.05) is 18.4 Å². The number of anilines is 1. The van der Waals surface area contributed by atoms with Gasteiger partial charge in [-0.1, -0.05) is 13.0 Å². The van der Waals surface area contributed by atoms with Gasteiger partial charge in [0.2, 0.25) is 10.0 Å². The summed E-state index contributed by atoms with van der Waals surface area (Å²) < 4.78 is 47.6. The van der Waals surface area contributed by atoms with Crippen LogP contribution in [0.15, 0.2) is 47.6 Å². The molecule has 0 saturated carbocycles. The van der Waals surface area contributed by atoms with E-state index in [0.29, 0.717) is 30.5 Å². The minimum absolute atomic E-state index is 0.0418. The lowest BCUT2D eigenvalue weighted by Crippen LogP contribution is -2.52. The standard InChI is InChI=1S/C22H26FN3O4S/c1-15-5-6-18(12-19(15)23)31(28,29)26-11-9-22(16(2)14-26)8-7-20(30-22)21(27)25-17-4-3-10-24-13-17/h3-6,10,12-13,16,20H,7-9,11,14H2,1-2H3,(H,25,27)/t16-,20-,22+/m0/s1. The molecule has 1 spiro atoms. The zero-order valence-corrected chi connectivity index (χ0v) is 18.4. The minimum atomic E-state index is -3.80.